The SMILES string of the molecule is COc1ccc(CC(=O)N[C@H](C)C23CC4CC(CC(C4)C2)C3)cc1OC. The summed E-state index contributed by atoms with van der Waals surface area (Å²) in [7, 11) is 3.24. The smallest absolute Gasteiger partial charge is 0.224 e. The monoisotopic (exact) mass is 357 g/mol. The number of carbonyl (C=O) groups excluding carboxylic acids is 1. The maximum absolute atomic E-state index is 12.7. The standard InChI is InChI=1S/C22H31NO3/c1-14(22-11-16-6-17(12-22)8-18(7-16)13-22)23-21(24)10-15-4-5-19(25-2)20(9-15)26-3/h4-5,9,14,16-18H,6-8,10-13H2,1-3H3,(H,23,24)/t14-,16?,17?,18?,22?/m1/s1. The molecule has 0 spiro atoms. The fourth-order valence-electron chi connectivity index (χ4n) is 6.33. The molecule has 26 heavy (non-hydrogen) atoms. The topological polar surface area (TPSA) is 47.6 Å². The van der Waals surface area contributed by atoms with Crippen molar-refractivity contribution in [1.82, 2.24) is 5.32 Å². The molecule has 4 bridgehead atoms. The maximum Gasteiger partial charge on any atom is 0.224 e. The molecule has 0 aliphatic heterocycles. The summed E-state index contributed by atoms with van der Waals surface area (Å²) in [5.41, 5.74) is 1.31. The van der Waals surface area contributed by atoms with Crippen molar-refractivity contribution >= 4 is 5.91 Å². The van der Waals surface area contributed by atoms with Crippen LogP contribution in [0, 0.1) is 23.2 Å². The van der Waals surface area contributed by atoms with Crippen molar-refractivity contribution in [3.63, 3.8) is 0 Å². The van der Waals surface area contributed by atoms with Gasteiger partial charge in [0.2, 0.25) is 5.91 Å². The molecule has 0 saturated heterocycles. The molecule has 0 heterocycles. The molecule has 1 N–H and O–H groups in total. The first-order valence-corrected chi connectivity index (χ1v) is 10.0. The summed E-state index contributed by atoms with van der Waals surface area (Å²) in [6, 6.07) is 5.97. The van der Waals surface area contributed by atoms with E-state index in [-0.39, 0.29) is 11.9 Å². The number of hydrogen-bond donors (Lipinski definition) is 1. The van der Waals surface area contributed by atoms with Gasteiger partial charge in [0.1, 0.15) is 0 Å². The van der Waals surface area contributed by atoms with E-state index in [0.717, 1.165) is 23.3 Å². The molecule has 4 heteroatoms. The van der Waals surface area contributed by atoms with Crippen LogP contribution in [0.2, 0.25) is 0 Å². The molecule has 1 atom stereocenters. The van der Waals surface area contributed by atoms with E-state index >= 15 is 0 Å². The van der Waals surface area contributed by atoms with Gasteiger partial charge in [-0.25, -0.2) is 0 Å². The molecule has 4 fully saturated rings. The summed E-state index contributed by atoms with van der Waals surface area (Å²) in [6.45, 7) is 2.24. The van der Waals surface area contributed by atoms with Gasteiger partial charge in [0.15, 0.2) is 11.5 Å². The predicted octanol–water partition coefficient (Wildman–Crippen LogP) is 3.97. The van der Waals surface area contributed by atoms with Crippen LogP contribution in [0.4, 0.5) is 0 Å². The van der Waals surface area contributed by atoms with Gasteiger partial charge in [0, 0.05) is 6.04 Å². The maximum atomic E-state index is 12.7. The van der Waals surface area contributed by atoms with Crippen LogP contribution in [0.3, 0.4) is 0 Å². The molecule has 4 aliphatic carbocycles. The van der Waals surface area contributed by atoms with Crippen LogP contribution >= 0.6 is 0 Å². The fourth-order valence-corrected chi connectivity index (χ4v) is 6.33. The Morgan fingerprint density at radius 1 is 1.08 bits per heavy atom. The third-order valence-corrected chi connectivity index (χ3v) is 7.19. The zero-order valence-electron chi connectivity index (χ0n) is 16.2. The van der Waals surface area contributed by atoms with E-state index < -0.39 is 0 Å². The van der Waals surface area contributed by atoms with E-state index in [0.29, 0.717) is 23.3 Å². The lowest BCUT2D eigenvalue weighted by molar-refractivity contribution is -0.125. The molecule has 142 valence electrons. The van der Waals surface area contributed by atoms with E-state index in [4.69, 9.17) is 9.47 Å². The van der Waals surface area contributed by atoms with E-state index in [1.165, 1.54) is 38.5 Å². The summed E-state index contributed by atoms with van der Waals surface area (Å²) >= 11 is 0. The van der Waals surface area contributed by atoms with Crippen LogP contribution in [0.15, 0.2) is 18.2 Å². The highest BCUT2D eigenvalue weighted by Gasteiger charge is 2.53. The molecule has 4 nitrogen and oxygen atoms in total. The van der Waals surface area contributed by atoms with Crippen molar-refractivity contribution in [3.8, 4) is 11.5 Å². The third-order valence-electron chi connectivity index (χ3n) is 7.19. The fraction of sp³-hybridized carbons (Fsp3) is 0.682. The Hall–Kier alpha value is -1.71. The first kappa shape index (κ1) is 17.7. The minimum absolute atomic E-state index is 0.112. The molecule has 1 aromatic rings. The Balaban J connectivity index is 1.40. The van der Waals surface area contributed by atoms with Crippen molar-refractivity contribution in [3.05, 3.63) is 23.8 Å². The van der Waals surface area contributed by atoms with Gasteiger partial charge >= 0.3 is 0 Å². The molecule has 0 radical (unpaired) electrons. The quantitative estimate of drug-likeness (QED) is 0.838. The Bertz CT molecular complexity index is 649. The van der Waals surface area contributed by atoms with Crippen molar-refractivity contribution in [2.45, 2.75) is 57.9 Å². The zero-order chi connectivity index (χ0) is 18.3. The second kappa shape index (κ2) is 6.79. The molecule has 0 aromatic heterocycles. The summed E-state index contributed by atoms with van der Waals surface area (Å²) < 4.78 is 10.6. The predicted molar refractivity (Wildman–Crippen MR) is 101 cm³/mol. The number of ether oxygens (including phenoxy) is 2. The number of amides is 1. The van der Waals surface area contributed by atoms with Gasteiger partial charge < -0.3 is 14.8 Å². The molecule has 0 unspecified atom stereocenters. The number of nitrogens with one attached hydrogen (secondary N) is 1. The molecular formula is C22H31NO3. The van der Waals surface area contributed by atoms with Crippen LogP contribution in [-0.2, 0) is 11.2 Å². The third kappa shape index (κ3) is 3.19. The second-order valence-electron chi connectivity index (χ2n) is 8.94. The summed E-state index contributed by atoms with van der Waals surface area (Å²) in [5, 5.41) is 3.34. The van der Waals surface area contributed by atoms with E-state index in [2.05, 4.69) is 12.2 Å². The van der Waals surface area contributed by atoms with Gasteiger partial charge in [0.05, 0.1) is 20.6 Å². The van der Waals surface area contributed by atoms with Gasteiger partial charge in [0.25, 0.3) is 0 Å². The average Bonchev–Trinajstić information content (AvgIpc) is 2.60. The van der Waals surface area contributed by atoms with Crippen molar-refractivity contribution in [2.75, 3.05) is 14.2 Å². The zero-order valence-corrected chi connectivity index (χ0v) is 16.2. The van der Waals surface area contributed by atoms with Gasteiger partial charge in [-0.15, -0.1) is 0 Å². The normalized spacial score (nSPS) is 33.0. The highest BCUT2D eigenvalue weighted by atomic mass is 16.5. The molecule has 5 rings (SSSR count). The number of benzene rings is 1. The summed E-state index contributed by atoms with van der Waals surface area (Å²) in [6.07, 6.45) is 8.64. The minimum atomic E-state index is 0.112. The molecule has 1 amide bonds. The first-order valence-electron chi connectivity index (χ1n) is 10.0. The van der Waals surface area contributed by atoms with Crippen LogP contribution in [0.5, 0.6) is 11.5 Å². The minimum Gasteiger partial charge on any atom is -0.493 e. The molecular weight excluding hydrogens is 326 g/mol. The lowest BCUT2D eigenvalue weighted by Gasteiger charge is -2.59. The van der Waals surface area contributed by atoms with Crippen LogP contribution in [-0.4, -0.2) is 26.2 Å². The van der Waals surface area contributed by atoms with E-state index in [1.807, 2.05) is 18.2 Å². The number of rotatable bonds is 6. The van der Waals surface area contributed by atoms with E-state index in [9.17, 15) is 4.79 Å². The highest BCUT2D eigenvalue weighted by molar-refractivity contribution is 5.79. The van der Waals surface area contributed by atoms with E-state index in [1.54, 1.807) is 14.2 Å². The lowest BCUT2D eigenvalue weighted by atomic mass is 9.48. The number of hydrogen-bond acceptors (Lipinski definition) is 3. The van der Waals surface area contributed by atoms with Crippen LogP contribution in [0.1, 0.15) is 51.0 Å². The largest absolute Gasteiger partial charge is 0.493 e. The summed E-state index contributed by atoms with van der Waals surface area (Å²) in [5.74, 6) is 4.20. The van der Waals surface area contributed by atoms with Crippen molar-refractivity contribution < 1.29 is 14.3 Å². The molecule has 4 aliphatic rings. The Kier molecular flexibility index (Phi) is 4.62. The Morgan fingerprint density at radius 3 is 2.19 bits per heavy atom. The molecule has 4 saturated carbocycles. The Morgan fingerprint density at radius 2 is 1.65 bits per heavy atom. The van der Waals surface area contributed by atoms with Crippen LogP contribution < -0.4 is 14.8 Å². The first-order chi connectivity index (χ1) is 12.5. The Labute approximate surface area is 156 Å². The van der Waals surface area contributed by atoms with Crippen molar-refractivity contribution in [1.29, 1.82) is 0 Å². The average molecular weight is 357 g/mol. The van der Waals surface area contributed by atoms with Gasteiger partial charge in [-0.1, -0.05) is 6.07 Å². The van der Waals surface area contributed by atoms with Crippen molar-refractivity contribution in [2.24, 2.45) is 23.2 Å². The van der Waals surface area contributed by atoms with Crippen LogP contribution in [0.25, 0.3) is 0 Å². The van der Waals surface area contributed by atoms with Gasteiger partial charge in [-0.3, -0.25) is 4.79 Å². The summed E-state index contributed by atoms with van der Waals surface area (Å²) in [4.78, 5) is 12.7. The number of methoxy groups -OCH3 is 2. The van der Waals surface area contributed by atoms with Gasteiger partial charge in [-0.2, -0.15) is 0 Å². The lowest BCUT2D eigenvalue weighted by Crippen LogP contribution is -2.56. The van der Waals surface area contributed by atoms with Gasteiger partial charge in [-0.05, 0) is 86.3 Å². The second-order valence-corrected chi connectivity index (χ2v) is 8.94. The highest BCUT2D eigenvalue weighted by Crippen LogP contribution is 2.61. The molecule has 1 aromatic carbocycles. The number of carbonyl (C=O) groups is 1.